The van der Waals surface area contributed by atoms with Gasteiger partial charge in [-0.2, -0.15) is 0 Å². The minimum atomic E-state index is -1.08. The summed E-state index contributed by atoms with van der Waals surface area (Å²) in [4.78, 5) is 22.2. The van der Waals surface area contributed by atoms with Crippen molar-refractivity contribution < 1.29 is 40.2 Å². The zero-order valence-electron chi connectivity index (χ0n) is 24.3. The molecule has 0 fully saturated rings. The molecule has 0 saturated heterocycles. The van der Waals surface area contributed by atoms with E-state index >= 15 is 0 Å². The number of nitrogens with zero attached hydrogens (tertiary/aromatic N) is 2. The molecule has 2 radical (unpaired) electrons. The summed E-state index contributed by atoms with van der Waals surface area (Å²) in [5.74, 6) is -0.325. The van der Waals surface area contributed by atoms with Crippen molar-refractivity contribution in [2.24, 2.45) is 0 Å². The summed E-state index contributed by atoms with van der Waals surface area (Å²) >= 11 is 0. The minimum Gasteiger partial charge on any atom is -0.550 e. The number of hydrogen-bond acceptors (Lipinski definition) is 6. The van der Waals surface area contributed by atoms with E-state index in [1.54, 1.807) is 0 Å². The summed E-state index contributed by atoms with van der Waals surface area (Å²) in [7, 11) is 0. The van der Waals surface area contributed by atoms with Gasteiger partial charge in [-0.1, -0.05) is 91.8 Å². The van der Waals surface area contributed by atoms with Gasteiger partial charge in [0.2, 0.25) is 6.67 Å². The van der Waals surface area contributed by atoms with Gasteiger partial charge in [-0.05, 0) is 59.8 Å². The smallest absolute Gasteiger partial charge is 0.550 e. The minimum absolute atomic E-state index is 0. The van der Waals surface area contributed by atoms with Crippen molar-refractivity contribution in [1.82, 2.24) is 0 Å². The Labute approximate surface area is 243 Å². The van der Waals surface area contributed by atoms with Crippen molar-refractivity contribution in [2.45, 2.75) is 92.9 Å². The molecular weight excluding hydrogens is 571 g/mol. The molecule has 38 heavy (non-hydrogen) atoms. The summed E-state index contributed by atoms with van der Waals surface area (Å²) in [6.07, 6.45) is 4.32. The molecule has 0 saturated carbocycles. The van der Waals surface area contributed by atoms with Crippen molar-refractivity contribution >= 4 is 23.3 Å². The summed E-state index contributed by atoms with van der Waals surface area (Å²) in [6, 6.07) is 13.4. The Kier molecular flexibility index (Phi) is 15.2. The zero-order valence-corrected chi connectivity index (χ0v) is 25.8. The number of carbonyl (C=O) groups is 2. The van der Waals surface area contributed by atoms with E-state index in [1.807, 2.05) is 0 Å². The Hall–Kier alpha value is -2.62. The molecule has 3 rings (SSSR count). The van der Waals surface area contributed by atoms with Crippen molar-refractivity contribution in [2.75, 3.05) is 9.80 Å². The van der Waals surface area contributed by atoms with Gasteiger partial charge in [0.05, 0.1) is 11.4 Å². The molecule has 0 atom stereocenters. The van der Waals surface area contributed by atoms with E-state index in [-0.39, 0.29) is 20.4 Å². The van der Waals surface area contributed by atoms with E-state index in [1.165, 1.54) is 33.6 Å². The largest absolute Gasteiger partial charge is 2.00 e. The van der Waals surface area contributed by atoms with Crippen LogP contribution in [-0.4, -0.2) is 11.9 Å². The standard InChI is InChI=1S/C27H36N2.2C2H4O2.Pd/c1-18(2)22-11-9-12-23(19(3)4)26(22)28-15-16-29(17-28)27-24(20(5)6)13-10-14-25(27)21(7)8;2*1-2(3)4;/h9-16,18-21H,1-8H3;2*1H3,(H,3,4);/q;;;+2/p-2. The van der Waals surface area contributed by atoms with Crippen LogP contribution in [0, 0.1) is 6.67 Å². The van der Waals surface area contributed by atoms with E-state index < -0.39 is 11.9 Å². The first-order chi connectivity index (χ1) is 17.2. The third-order valence-corrected chi connectivity index (χ3v) is 5.75. The third-order valence-electron chi connectivity index (χ3n) is 5.75. The second-order valence-corrected chi connectivity index (χ2v) is 10.3. The molecule has 1 aliphatic heterocycles. The molecule has 7 heteroatoms. The summed E-state index contributed by atoms with van der Waals surface area (Å²) in [6.45, 7) is 23.8. The summed E-state index contributed by atoms with van der Waals surface area (Å²) in [5.41, 5.74) is 8.05. The SMILES string of the molecule is CC(=O)[O-].CC(=O)[O-].CC(C)c1cccc(C(C)C)c1N1[C]N(c2c(C(C)C)cccc2C(C)C)C=C1.[Pd+2]. The molecule has 2 aromatic carbocycles. The number of benzene rings is 2. The topological polar surface area (TPSA) is 86.7 Å². The molecule has 0 N–H and O–H groups in total. The van der Waals surface area contributed by atoms with Gasteiger partial charge in [-0.15, -0.1) is 0 Å². The molecule has 1 heterocycles. The molecular formula is C31H42N2O4Pd. The number of carboxylic acid groups (broad SMARTS) is 2. The van der Waals surface area contributed by atoms with E-state index in [0.29, 0.717) is 23.7 Å². The van der Waals surface area contributed by atoms with Crippen LogP contribution in [0.4, 0.5) is 11.4 Å². The van der Waals surface area contributed by atoms with E-state index in [0.717, 1.165) is 13.8 Å². The van der Waals surface area contributed by atoms with Crippen LogP contribution in [0.1, 0.15) is 115 Å². The number of rotatable bonds is 6. The molecule has 6 nitrogen and oxygen atoms in total. The van der Waals surface area contributed by atoms with Crippen LogP contribution in [0.2, 0.25) is 0 Å². The van der Waals surface area contributed by atoms with Gasteiger partial charge in [0.15, 0.2) is 0 Å². The first-order valence-corrected chi connectivity index (χ1v) is 12.8. The Morgan fingerprint density at radius 1 is 0.605 bits per heavy atom. The number of carbonyl (C=O) groups excluding carboxylic acids is 2. The fourth-order valence-electron chi connectivity index (χ4n) is 4.14. The average molecular weight is 613 g/mol. The zero-order chi connectivity index (χ0) is 28.4. The first-order valence-electron chi connectivity index (χ1n) is 12.8. The predicted octanol–water partition coefficient (Wildman–Crippen LogP) is 5.48. The molecule has 0 unspecified atom stereocenters. The van der Waals surface area contributed by atoms with Gasteiger partial charge in [-0.25, -0.2) is 0 Å². The summed E-state index contributed by atoms with van der Waals surface area (Å²) in [5, 5.41) is 17.8. The van der Waals surface area contributed by atoms with Gasteiger partial charge in [0.25, 0.3) is 0 Å². The quantitative estimate of drug-likeness (QED) is 0.402. The van der Waals surface area contributed by atoms with Crippen LogP contribution < -0.4 is 20.0 Å². The Balaban J connectivity index is 0.00000134. The van der Waals surface area contributed by atoms with E-state index in [9.17, 15) is 0 Å². The number of aliphatic carboxylic acids is 2. The molecule has 210 valence electrons. The van der Waals surface area contributed by atoms with Crippen LogP contribution in [0.3, 0.4) is 0 Å². The summed E-state index contributed by atoms with van der Waals surface area (Å²) < 4.78 is 0. The van der Waals surface area contributed by atoms with Gasteiger partial charge in [-0.3, -0.25) is 0 Å². The first kappa shape index (κ1) is 35.4. The fourth-order valence-corrected chi connectivity index (χ4v) is 4.14. The van der Waals surface area contributed by atoms with Crippen LogP contribution in [0.25, 0.3) is 0 Å². The van der Waals surface area contributed by atoms with Crippen LogP contribution >= 0.6 is 0 Å². The number of anilines is 2. The molecule has 0 amide bonds. The van der Waals surface area contributed by atoms with Gasteiger partial charge in [0.1, 0.15) is 0 Å². The normalized spacial score (nSPS) is 12.3. The maximum Gasteiger partial charge on any atom is 2.00 e. The van der Waals surface area contributed by atoms with Crippen LogP contribution in [0.15, 0.2) is 48.8 Å². The predicted molar refractivity (Wildman–Crippen MR) is 148 cm³/mol. The monoisotopic (exact) mass is 612 g/mol. The molecule has 0 spiro atoms. The van der Waals surface area contributed by atoms with Crippen molar-refractivity contribution in [3.63, 3.8) is 0 Å². The van der Waals surface area contributed by atoms with Crippen LogP contribution in [0.5, 0.6) is 0 Å². The Bertz CT molecular complexity index is 934. The van der Waals surface area contributed by atoms with Crippen molar-refractivity contribution in [3.8, 4) is 0 Å². The number of hydrogen-bond donors (Lipinski definition) is 0. The second-order valence-electron chi connectivity index (χ2n) is 10.3. The van der Waals surface area contributed by atoms with Gasteiger partial charge < -0.3 is 29.6 Å². The number of para-hydroxylation sites is 2. The molecule has 1 aliphatic rings. The van der Waals surface area contributed by atoms with Gasteiger partial charge >= 0.3 is 20.4 Å². The maximum absolute atomic E-state index is 8.89. The average Bonchev–Trinajstić information content (AvgIpc) is 3.26. The van der Waals surface area contributed by atoms with E-state index in [2.05, 4.69) is 121 Å². The number of carboxylic acids is 2. The third kappa shape index (κ3) is 10.3. The Morgan fingerprint density at radius 2 is 0.816 bits per heavy atom. The maximum atomic E-state index is 8.89. The van der Waals surface area contributed by atoms with Gasteiger partial charge in [0, 0.05) is 24.3 Å². The van der Waals surface area contributed by atoms with Crippen molar-refractivity contribution in [1.29, 1.82) is 0 Å². The molecule has 0 aromatic heterocycles. The molecule has 0 bridgehead atoms. The molecule has 2 aromatic rings. The van der Waals surface area contributed by atoms with Crippen LogP contribution in [-0.2, 0) is 30.0 Å². The van der Waals surface area contributed by atoms with Crippen molar-refractivity contribution in [3.05, 3.63) is 77.7 Å². The Morgan fingerprint density at radius 3 is 1.00 bits per heavy atom. The van der Waals surface area contributed by atoms with E-state index in [4.69, 9.17) is 19.8 Å². The molecule has 0 aliphatic carbocycles. The fraction of sp³-hybridized carbons (Fsp3) is 0.452. The second kappa shape index (κ2) is 16.4.